The maximum Gasteiger partial charge on any atom is 0.416 e. The molecule has 8 nitrogen and oxygen atoms in total. The number of aliphatic hydroxyl groups excluding tert-OH is 1. The van der Waals surface area contributed by atoms with Gasteiger partial charge >= 0.3 is 12.4 Å². The van der Waals surface area contributed by atoms with Crippen LogP contribution in [0.2, 0.25) is 0 Å². The van der Waals surface area contributed by atoms with Crippen molar-refractivity contribution in [2.45, 2.75) is 51.3 Å². The van der Waals surface area contributed by atoms with Gasteiger partial charge in [0.25, 0.3) is 0 Å². The van der Waals surface area contributed by atoms with Crippen LogP contribution in [-0.2, 0) is 23.9 Å². The number of carbonyl (C=O) groups excluding carboxylic acids is 1. The molecule has 252 valence electrons. The first-order chi connectivity index (χ1) is 21.6. The minimum Gasteiger partial charge on any atom is -0.491 e. The summed E-state index contributed by atoms with van der Waals surface area (Å²) < 4.78 is 101. The zero-order valence-corrected chi connectivity index (χ0v) is 25.3. The smallest absolute Gasteiger partial charge is 0.416 e. The van der Waals surface area contributed by atoms with Gasteiger partial charge in [-0.1, -0.05) is 13.8 Å². The fourth-order valence-electron chi connectivity index (χ4n) is 5.21. The fourth-order valence-corrected chi connectivity index (χ4v) is 5.21. The van der Waals surface area contributed by atoms with Crippen LogP contribution in [0.25, 0.3) is 5.69 Å². The third-order valence-corrected chi connectivity index (χ3v) is 7.39. The molecule has 1 aliphatic heterocycles. The van der Waals surface area contributed by atoms with Gasteiger partial charge in [0.15, 0.2) is 6.04 Å². The van der Waals surface area contributed by atoms with Gasteiger partial charge in [-0.15, -0.1) is 0 Å². The van der Waals surface area contributed by atoms with Crippen LogP contribution in [0.5, 0.6) is 5.75 Å². The van der Waals surface area contributed by atoms with Crippen molar-refractivity contribution in [3.05, 3.63) is 77.4 Å². The third kappa shape index (κ3) is 9.66. The number of rotatable bonds is 12. The van der Waals surface area contributed by atoms with E-state index in [1.807, 2.05) is 13.8 Å². The molecule has 2 aromatic carbocycles. The Balaban J connectivity index is 1.30. The molecule has 1 amide bonds. The number of carbonyl (C=O) groups is 1. The topological polar surface area (TPSA) is 82.9 Å². The van der Waals surface area contributed by atoms with E-state index in [0.717, 1.165) is 34.9 Å². The second kappa shape index (κ2) is 14.8. The molecule has 1 aromatic heterocycles. The Labute approximate surface area is 261 Å². The van der Waals surface area contributed by atoms with E-state index in [4.69, 9.17) is 4.74 Å². The van der Waals surface area contributed by atoms with Crippen LogP contribution >= 0.6 is 0 Å². The van der Waals surface area contributed by atoms with Crippen molar-refractivity contribution >= 4 is 5.91 Å². The first-order valence-electron chi connectivity index (χ1n) is 14.7. The van der Waals surface area contributed by atoms with Crippen molar-refractivity contribution in [3.63, 3.8) is 0 Å². The van der Waals surface area contributed by atoms with E-state index < -0.39 is 41.8 Å². The molecule has 0 spiro atoms. The van der Waals surface area contributed by atoms with E-state index in [9.17, 15) is 40.6 Å². The largest absolute Gasteiger partial charge is 0.491 e. The number of amides is 1. The van der Waals surface area contributed by atoms with E-state index in [0.29, 0.717) is 17.8 Å². The highest BCUT2D eigenvalue weighted by Crippen LogP contribution is 2.30. The molecule has 0 aliphatic carbocycles. The lowest BCUT2D eigenvalue weighted by atomic mass is 10.1. The summed E-state index contributed by atoms with van der Waals surface area (Å²) in [5.74, 6) is -1.27. The van der Waals surface area contributed by atoms with Crippen LogP contribution < -0.4 is 10.1 Å². The van der Waals surface area contributed by atoms with Crippen molar-refractivity contribution in [2.24, 2.45) is 5.92 Å². The Morgan fingerprint density at radius 1 is 0.978 bits per heavy atom. The van der Waals surface area contributed by atoms with Crippen LogP contribution in [0.15, 0.2) is 54.6 Å². The molecule has 0 bridgehead atoms. The summed E-state index contributed by atoms with van der Waals surface area (Å²) in [4.78, 5) is 15.7. The monoisotopic (exact) mass is 659 g/mol. The Morgan fingerprint density at radius 3 is 2.17 bits per heavy atom. The summed E-state index contributed by atoms with van der Waals surface area (Å²) in [6, 6.07) is 8.95. The number of β-amino-alcohol motifs (C(OH)–C–C–N with tert-alkyl or cyclic N) is 1. The normalized spacial score (nSPS) is 16.4. The van der Waals surface area contributed by atoms with Crippen molar-refractivity contribution in [1.29, 1.82) is 0 Å². The summed E-state index contributed by atoms with van der Waals surface area (Å²) >= 11 is 0. The average Bonchev–Trinajstić information content (AvgIpc) is 3.37. The molecule has 0 saturated carbocycles. The number of hydrogen-bond acceptors (Lipinski definition) is 6. The molecule has 1 aliphatic rings. The van der Waals surface area contributed by atoms with E-state index in [2.05, 4.69) is 10.4 Å². The zero-order chi connectivity index (χ0) is 33.6. The van der Waals surface area contributed by atoms with Crippen molar-refractivity contribution in [1.82, 2.24) is 24.9 Å². The fraction of sp³-hybridized carbons (Fsp3) is 0.484. The Hall–Kier alpha value is -3.69. The predicted octanol–water partition coefficient (Wildman–Crippen LogP) is 4.83. The second-order valence-electron chi connectivity index (χ2n) is 11.6. The summed E-state index contributed by atoms with van der Waals surface area (Å²) in [6.45, 7) is 3.67. The van der Waals surface area contributed by atoms with Gasteiger partial charge in [-0.2, -0.15) is 31.4 Å². The number of benzene rings is 2. The van der Waals surface area contributed by atoms with Crippen LogP contribution in [0.4, 0.5) is 30.7 Å². The molecular weight excluding hydrogens is 623 g/mol. The van der Waals surface area contributed by atoms with Gasteiger partial charge in [0.1, 0.15) is 24.3 Å². The molecule has 0 radical (unpaired) electrons. The molecule has 46 heavy (non-hydrogen) atoms. The number of nitrogens with one attached hydrogen (secondary N) is 1. The van der Waals surface area contributed by atoms with Crippen molar-refractivity contribution in [3.8, 4) is 11.4 Å². The van der Waals surface area contributed by atoms with Gasteiger partial charge in [-0.25, -0.2) is 9.07 Å². The molecule has 4 rings (SSSR count). The summed E-state index contributed by atoms with van der Waals surface area (Å²) in [5, 5.41) is 17.2. The molecule has 15 heteroatoms. The highest BCUT2D eigenvalue weighted by molar-refractivity contribution is 5.82. The summed E-state index contributed by atoms with van der Waals surface area (Å²) in [6.07, 6.45) is -9.79. The lowest BCUT2D eigenvalue weighted by molar-refractivity contribution is -0.192. The SMILES string of the molecule is CC(C)Cc1cc(CNC(=O)[C@H](N2CCN(CC(O)COc3ccc(C(F)(F)F)cc3)CC2)C(F)(F)F)nn1-c1ccc(F)cc1. The highest BCUT2D eigenvalue weighted by atomic mass is 19.4. The second-order valence-corrected chi connectivity index (χ2v) is 11.6. The number of alkyl halides is 6. The minimum atomic E-state index is -4.85. The molecule has 1 saturated heterocycles. The van der Waals surface area contributed by atoms with Gasteiger partial charge in [0.2, 0.25) is 5.91 Å². The van der Waals surface area contributed by atoms with E-state index in [-0.39, 0.29) is 57.5 Å². The van der Waals surface area contributed by atoms with E-state index in [1.165, 1.54) is 12.1 Å². The van der Waals surface area contributed by atoms with Gasteiger partial charge in [0, 0.05) is 38.4 Å². The van der Waals surface area contributed by atoms with Crippen LogP contribution in [0.1, 0.15) is 30.8 Å². The van der Waals surface area contributed by atoms with Crippen LogP contribution in [-0.4, -0.2) is 88.2 Å². The number of nitrogens with zero attached hydrogens (tertiary/aromatic N) is 4. The first kappa shape index (κ1) is 35.2. The predicted molar refractivity (Wildman–Crippen MR) is 155 cm³/mol. The molecular formula is C31H36F7N5O3. The lowest BCUT2D eigenvalue weighted by Crippen LogP contribution is -2.60. The van der Waals surface area contributed by atoms with E-state index >= 15 is 0 Å². The highest BCUT2D eigenvalue weighted by Gasteiger charge is 2.49. The lowest BCUT2D eigenvalue weighted by Gasteiger charge is -2.39. The molecule has 1 unspecified atom stereocenters. The Morgan fingerprint density at radius 2 is 1.61 bits per heavy atom. The standard InChI is InChI=1S/C31H36F7N5O3/c1-20(2)15-25-16-23(40-43(25)24-7-5-22(32)6-8-24)17-39-29(45)28(31(36,37)38)42-13-11-41(12-14-42)18-26(44)19-46-27-9-3-21(4-10-27)30(33,34)35/h3-10,16,20,26,28,44H,11-15,17-19H2,1-2H3,(H,39,45)/t26?,28-/m0/s1. The number of ether oxygens (including phenoxy) is 1. The number of piperazine rings is 1. The zero-order valence-electron chi connectivity index (χ0n) is 25.3. The first-order valence-corrected chi connectivity index (χ1v) is 14.7. The summed E-state index contributed by atoms with van der Waals surface area (Å²) in [5.41, 5.74) is 0.863. The molecule has 2 atom stereocenters. The number of hydrogen-bond donors (Lipinski definition) is 2. The van der Waals surface area contributed by atoms with Gasteiger partial charge in [-0.3, -0.25) is 14.6 Å². The van der Waals surface area contributed by atoms with Gasteiger partial charge < -0.3 is 15.2 Å². The quantitative estimate of drug-likeness (QED) is 0.271. The van der Waals surface area contributed by atoms with Crippen molar-refractivity contribution in [2.75, 3.05) is 39.3 Å². The Kier molecular flexibility index (Phi) is 11.3. The maximum atomic E-state index is 14.1. The van der Waals surface area contributed by atoms with E-state index in [1.54, 1.807) is 27.8 Å². The number of aliphatic hydroxyl groups is 1. The third-order valence-electron chi connectivity index (χ3n) is 7.39. The average molecular weight is 660 g/mol. The Bertz CT molecular complexity index is 1420. The molecule has 2 heterocycles. The number of aromatic nitrogens is 2. The van der Waals surface area contributed by atoms with Crippen LogP contribution in [0.3, 0.4) is 0 Å². The van der Waals surface area contributed by atoms with Gasteiger partial charge in [-0.05, 0) is 66.9 Å². The molecule has 2 N–H and O–H groups in total. The maximum absolute atomic E-state index is 14.1. The number of halogens is 7. The minimum absolute atomic E-state index is 0.0623. The van der Waals surface area contributed by atoms with Crippen molar-refractivity contribution < 1.29 is 45.4 Å². The molecule has 3 aromatic rings. The van der Waals surface area contributed by atoms with Crippen LogP contribution in [0, 0.1) is 11.7 Å². The van der Waals surface area contributed by atoms with Gasteiger partial charge in [0.05, 0.1) is 23.5 Å². The molecule has 1 fully saturated rings. The summed E-state index contributed by atoms with van der Waals surface area (Å²) in [7, 11) is 0.